The Morgan fingerprint density at radius 2 is 1.98 bits per heavy atom. The van der Waals surface area contributed by atoms with Crippen LogP contribution in [0.3, 0.4) is 0 Å². The number of aryl methyl sites for hydroxylation is 1. The number of carbonyl (C=O) groups is 1. The van der Waals surface area contributed by atoms with Crippen LogP contribution in [-0.4, -0.2) is 73.3 Å². The predicted molar refractivity (Wildman–Crippen MR) is 186 cm³/mol. The number of hydrogen-bond acceptors (Lipinski definition) is 8. The van der Waals surface area contributed by atoms with E-state index in [1.54, 1.807) is 18.4 Å². The van der Waals surface area contributed by atoms with Crippen LogP contribution >= 0.6 is 34.5 Å². The second kappa shape index (κ2) is 13.0. The highest BCUT2D eigenvalue weighted by Gasteiger charge is 2.41. The molecule has 1 amide bonds. The number of aromatic nitrogens is 1. The van der Waals surface area contributed by atoms with Crippen LogP contribution in [0.4, 0.5) is 5.13 Å². The van der Waals surface area contributed by atoms with Gasteiger partial charge in [0.15, 0.2) is 10.9 Å². The van der Waals surface area contributed by atoms with Crippen molar-refractivity contribution in [3.63, 3.8) is 0 Å². The van der Waals surface area contributed by atoms with Crippen molar-refractivity contribution in [3.8, 4) is 11.5 Å². The molecule has 3 fully saturated rings. The Bertz CT molecular complexity index is 1690. The third-order valence-corrected chi connectivity index (χ3v) is 11.8. The van der Waals surface area contributed by atoms with E-state index in [1.165, 1.54) is 0 Å². The first-order valence-corrected chi connectivity index (χ1v) is 17.7. The number of thiazole rings is 1. The Morgan fingerprint density at radius 3 is 2.76 bits per heavy atom. The molecular formula is C35H41Cl2N5O3S. The molecule has 4 heterocycles. The van der Waals surface area contributed by atoms with Crippen molar-refractivity contribution in [1.82, 2.24) is 20.5 Å². The number of nitrogens with zero attached hydrogens (tertiary/aromatic N) is 3. The minimum atomic E-state index is -0.0442. The Kier molecular flexibility index (Phi) is 8.98. The van der Waals surface area contributed by atoms with E-state index in [2.05, 4.69) is 33.4 Å². The summed E-state index contributed by atoms with van der Waals surface area (Å²) in [7, 11) is 1.70. The molecule has 7 rings (SSSR count). The highest BCUT2D eigenvalue weighted by atomic mass is 35.5. The van der Waals surface area contributed by atoms with Gasteiger partial charge in [-0.15, -0.1) is 0 Å². The number of amides is 1. The molecule has 3 aromatic rings. The molecule has 0 radical (unpaired) electrons. The number of anilines is 1. The van der Waals surface area contributed by atoms with E-state index in [0.717, 1.165) is 94.5 Å². The summed E-state index contributed by atoms with van der Waals surface area (Å²) in [5, 5.41) is 9.37. The number of rotatable bonds is 9. The van der Waals surface area contributed by atoms with Gasteiger partial charge in [-0.1, -0.05) is 46.7 Å². The largest absolute Gasteiger partial charge is 0.496 e. The van der Waals surface area contributed by atoms with Gasteiger partial charge >= 0.3 is 0 Å². The zero-order chi connectivity index (χ0) is 32.1. The molecule has 0 spiro atoms. The van der Waals surface area contributed by atoms with Crippen molar-refractivity contribution >= 4 is 51.2 Å². The van der Waals surface area contributed by atoms with Gasteiger partial charge in [0, 0.05) is 56.5 Å². The molecule has 11 heteroatoms. The lowest BCUT2D eigenvalue weighted by Crippen LogP contribution is -2.59. The van der Waals surface area contributed by atoms with Gasteiger partial charge in [-0.25, -0.2) is 4.98 Å². The molecular weight excluding hydrogens is 641 g/mol. The van der Waals surface area contributed by atoms with E-state index < -0.39 is 0 Å². The van der Waals surface area contributed by atoms with E-state index in [-0.39, 0.29) is 30.1 Å². The second-order valence-corrected chi connectivity index (χ2v) is 14.8. The zero-order valence-corrected chi connectivity index (χ0v) is 29.1. The number of piperazine rings is 1. The van der Waals surface area contributed by atoms with E-state index in [9.17, 15) is 4.79 Å². The second-order valence-electron chi connectivity index (χ2n) is 13.0. The Hall–Kier alpha value is -2.82. The third-order valence-electron chi connectivity index (χ3n) is 9.91. The molecule has 2 bridgehead atoms. The summed E-state index contributed by atoms with van der Waals surface area (Å²) >= 11 is 14.8. The summed E-state index contributed by atoms with van der Waals surface area (Å²) in [6.07, 6.45) is 5.64. The first kappa shape index (κ1) is 31.8. The van der Waals surface area contributed by atoms with Crippen molar-refractivity contribution in [1.29, 1.82) is 0 Å². The molecule has 1 saturated carbocycles. The summed E-state index contributed by atoms with van der Waals surface area (Å²) in [5.74, 6) is 1.54. The molecule has 2 N–H and O–H groups in total. The standard InChI is InChI=1S/C35H41Cl2N5O3S/c1-19-12-27(36)33(32(37)20(19)2)45-25-10-11-41(18-25)35-39-16-30(46-35)26-13-23-14-38-15-28(40-23)31(26)34(43)42(24-8-9-24)17-22-6-5-7-29(44-4)21(22)3/h5-7,12,16,23-25,28,38,40H,8-11,13-15,17-18H2,1-4H3/t23-,25+,28-/m0/s1. The quantitative estimate of drug-likeness (QED) is 0.274. The van der Waals surface area contributed by atoms with Crippen molar-refractivity contribution in [2.24, 2.45) is 0 Å². The van der Waals surface area contributed by atoms with Gasteiger partial charge in [0.2, 0.25) is 0 Å². The van der Waals surface area contributed by atoms with Crippen LogP contribution in [0.2, 0.25) is 10.0 Å². The van der Waals surface area contributed by atoms with Gasteiger partial charge in [-0.3, -0.25) is 4.79 Å². The maximum absolute atomic E-state index is 14.6. The molecule has 46 heavy (non-hydrogen) atoms. The minimum Gasteiger partial charge on any atom is -0.496 e. The van der Waals surface area contributed by atoms with Crippen LogP contribution in [0.1, 0.15) is 52.8 Å². The smallest absolute Gasteiger partial charge is 0.252 e. The molecule has 4 aliphatic rings. The van der Waals surface area contributed by atoms with Crippen LogP contribution in [-0.2, 0) is 11.3 Å². The lowest BCUT2D eigenvalue weighted by atomic mass is 9.86. The normalized spacial score (nSPS) is 22.7. The average Bonchev–Trinajstić information content (AvgIpc) is 3.57. The Morgan fingerprint density at radius 1 is 1.15 bits per heavy atom. The van der Waals surface area contributed by atoms with E-state index >= 15 is 0 Å². The van der Waals surface area contributed by atoms with Gasteiger partial charge < -0.3 is 29.9 Å². The summed E-state index contributed by atoms with van der Waals surface area (Å²) in [6.45, 7) is 9.78. The Balaban J connectivity index is 1.15. The SMILES string of the molecule is COc1cccc(CN(C(=O)C2=C(c3cnc(N4CC[C@@H](Oc5c(Cl)cc(C)c(C)c5Cl)C4)s3)C[C@H]3CNC[C@@H]2N3)C2CC2)c1C. The zero-order valence-electron chi connectivity index (χ0n) is 26.8. The van der Waals surface area contributed by atoms with Crippen LogP contribution in [0.15, 0.2) is 36.0 Å². The van der Waals surface area contributed by atoms with Crippen molar-refractivity contribution in [3.05, 3.63) is 73.2 Å². The number of carbonyl (C=O) groups excluding carboxylic acids is 1. The minimum absolute atomic E-state index is 0.0368. The van der Waals surface area contributed by atoms with Gasteiger partial charge in [0.05, 0.1) is 34.6 Å². The van der Waals surface area contributed by atoms with E-state index in [4.69, 9.17) is 37.7 Å². The molecule has 0 unspecified atom stereocenters. The predicted octanol–water partition coefficient (Wildman–Crippen LogP) is 6.32. The number of halogens is 2. The summed E-state index contributed by atoms with van der Waals surface area (Å²) < 4.78 is 12.0. The number of ether oxygens (including phenoxy) is 2. The van der Waals surface area contributed by atoms with Crippen LogP contribution in [0, 0.1) is 20.8 Å². The lowest BCUT2D eigenvalue weighted by molar-refractivity contribution is -0.128. The monoisotopic (exact) mass is 681 g/mol. The van der Waals surface area contributed by atoms with Gasteiger partial charge in [0.25, 0.3) is 5.91 Å². The summed E-state index contributed by atoms with van der Waals surface area (Å²) in [4.78, 5) is 24.9. The highest BCUT2D eigenvalue weighted by molar-refractivity contribution is 7.16. The first-order valence-electron chi connectivity index (χ1n) is 16.2. The molecule has 8 nitrogen and oxygen atoms in total. The fourth-order valence-electron chi connectivity index (χ4n) is 6.98. The van der Waals surface area contributed by atoms with Crippen LogP contribution in [0.25, 0.3) is 5.57 Å². The molecule has 3 atom stereocenters. The fraction of sp³-hybridized carbons (Fsp3) is 0.486. The molecule has 2 aromatic carbocycles. The van der Waals surface area contributed by atoms with Crippen LogP contribution < -0.4 is 25.0 Å². The van der Waals surface area contributed by atoms with E-state index in [1.807, 2.05) is 38.2 Å². The number of nitrogens with one attached hydrogen (secondary N) is 2. The third kappa shape index (κ3) is 6.13. The molecule has 1 aliphatic carbocycles. The lowest BCUT2D eigenvalue weighted by Gasteiger charge is -2.40. The maximum atomic E-state index is 14.6. The molecule has 1 aromatic heterocycles. The number of benzene rings is 2. The van der Waals surface area contributed by atoms with Crippen LogP contribution in [0.5, 0.6) is 11.5 Å². The van der Waals surface area contributed by atoms with Gasteiger partial charge in [-0.05, 0) is 80.0 Å². The average molecular weight is 683 g/mol. The fourth-order valence-corrected chi connectivity index (χ4v) is 8.64. The van der Waals surface area contributed by atoms with Crippen molar-refractivity contribution in [2.75, 3.05) is 38.2 Å². The van der Waals surface area contributed by atoms with Crippen molar-refractivity contribution < 1.29 is 14.3 Å². The Labute approximate surface area is 285 Å². The van der Waals surface area contributed by atoms with Crippen molar-refractivity contribution in [2.45, 2.75) is 77.2 Å². The summed E-state index contributed by atoms with van der Waals surface area (Å²) in [6, 6.07) is 8.52. The number of fused-ring (bicyclic) bond motifs is 2. The summed E-state index contributed by atoms with van der Waals surface area (Å²) in [5.41, 5.74) is 6.26. The van der Waals surface area contributed by atoms with Gasteiger partial charge in [-0.2, -0.15) is 0 Å². The number of methoxy groups -OCH3 is 1. The van der Waals surface area contributed by atoms with Gasteiger partial charge in [0.1, 0.15) is 11.9 Å². The first-order chi connectivity index (χ1) is 22.2. The van der Waals surface area contributed by atoms with E-state index in [0.29, 0.717) is 28.9 Å². The topological polar surface area (TPSA) is 79.0 Å². The molecule has 3 aliphatic heterocycles. The molecule has 244 valence electrons. The maximum Gasteiger partial charge on any atom is 0.252 e. The molecule has 2 saturated heterocycles. The highest BCUT2D eigenvalue weighted by Crippen LogP contribution is 2.42. The number of hydrogen-bond donors (Lipinski definition) is 2.